The van der Waals surface area contributed by atoms with Gasteiger partial charge in [-0.2, -0.15) is 0 Å². The average Bonchev–Trinajstić information content (AvgIpc) is 2.21. The molecule has 0 radical (unpaired) electrons. The Kier molecular flexibility index (Phi) is 5.23. The fourth-order valence-electron chi connectivity index (χ4n) is 0.989. The van der Waals surface area contributed by atoms with E-state index in [1.54, 1.807) is 6.92 Å². The van der Waals surface area contributed by atoms with Crippen LogP contribution in [0.4, 0.5) is 0 Å². The minimum atomic E-state index is -0.668. The van der Waals surface area contributed by atoms with Crippen LogP contribution in [0.1, 0.15) is 6.92 Å². The van der Waals surface area contributed by atoms with E-state index >= 15 is 0 Å². The van der Waals surface area contributed by atoms with Crippen molar-refractivity contribution in [2.45, 2.75) is 13.0 Å². The maximum absolute atomic E-state index is 11.2. The molecule has 1 aromatic carbocycles. The van der Waals surface area contributed by atoms with E-state index in [-0.39, 0.29) is 5.91 Å². The van der Waals surface area contributed by atoms with Crippen LogP contribution in [0.15, 0.2) is 25.6 Å². The molecule has 0 spiro atoms. The van der Waals surface area contributed by atoms with E-state index in [4.69, 9.17) is 10.6 Å². The summed E-state index contributed by atoms with van der Waals surface area (Å²) < 4.78 is 7.86. The first-order valence-corrected chi connectivity index (χ1v) is 6.65. The molecule has 0 aliphatic carbocycles. The Balaban J connectivity index is 2.93. The lowest BCUT2D eigenvalue weighted by Gasteiger charge is -2.15. The lowest BCUT2D eigenvalue weighted by atomic mass is 10.3. The third-order valence-electron chi connectivity index (χ3n) is 1.77. The van der Waals surface area contributed by atoms with Crippen LogP contribution < -0.4 is 16.0 Å². The number of benzene rings is 1. The number of nitrogens with two attached hydrogens (primary N) is 1. The Hall–Kier alpha value is -0.110. The number of ether oxygens (including phenoxy) is 1. The van der Waals surface area contributed by atoms with Crippen LogP contribution in [0.2, 0.25) is 0 Å². The van der Waals surface area contributed by atoms with Gasteiger partial charge in [0.25, 0.3) is 5.91 Å². The molecule has 4 nitrogen and oxygen atoms in total. The van der Waals surface area contributed by atoms with Gasteiger partial charge in [-0.05, 0) is 50.9 Å². The number of rotatable bonds is 3. The van der Waals surface area contributed by atoms with Gasteiger partial charge < -0.3 is 4.74 Å². The molecule has 1 unspecified atom stereocenters. The highest BCUT2D eigenvalue weighted by atomic mass is 79.9. The molecule has 1 atom stereocenters. The standard InChI is InChI=1S/C9H9Br3N2O2/c1-4(9(15)14-13)16-8-6(11)2-5(10)3-7(8)12/h2-4H,13H2,1H3,(H,14,15). The Labute approximate surface area is 118 Å². The number of hydrogen-bond acceptors (Lipinski definition) is 3. The fraction of sp³-hybridized carbons (Fsp3) is 0.222. The van der Waals surface area contributed by atoms with Crippen LogP contribution in [-0.2, 0) is 4.79 Å². The molecule has 0 aliphatic heterocycles. The molecule has 1 aromatic rings. The summed E-state index contributed by atoms with van der Waals surface area (Å²) in [5.41, 5.74) is 2.03. The van der Waals surface area contributed by atoms with E-state index in [0.29, 0.717) is 5.75 Å². The number of carbonyl (C=O) groups excluding carboxylic acids is 1. The molecule has 0 heterocycles. The number of hydrogen-bond donors (Lipinski definition) is 2. The third-order valence-corrected chi connectivity index (χ3v) is 3.41. The van der Waals surface area contributed by atoms with Crippen LogP contribution in [0, 0.1) is 0 Å². The van der Waals surface area contributed by atoms with E-state index < -0.39 is 6.10 Å². The van der Waals surface area contributed by atoms with Crippen molar-refractivity contribution in [3.63, 3.8) is 0 Å². The number of nitrogens with one attached hydrogen (secondary N) is 1. The maximum atomic E-state index is 11.2. The minimum Gasteiger partial charge on any atom is -0.478 e. The summed E-state index contributed by atoms with van der Waals surface area (Å²) in [5.74, 6) is 5.18. The molecule has 0 fully saturated rings. The van der Waals surface area contributed by atoms with Crippen LogP contribution >= 0.6 is 47.8 Å². The van der Waals surface area contributed by atoms with Crippen molar-refractivity contribution in [1.82, 2.24) is 5.43 Å². The largest absolute Gasteiger partial charge is 0.478 e. The SMILES string of the molecule is CC(Oc1c(Br)cc(Br)cc1Br)C(=O)NN. The zero-order chi connectivity index (χ0) is 12.3. The molecular weight excluding hydrogens is 408 g/mol. The van der Waals surface area contributed by atoms with Gasteiger partial charge in [0.1, 0.15) is 5.75 Å². The molecule has 7 heteroatoms. The highest BCUT2D eigenvalue weighted by Gasteiger charge is 2.17. The van der Waals surface area contributed by atoms with Crippen molar-refractivity contribution in [3.8, 4) is 5.75 Å². The van der Waals surface area contributed by atoms with Gasteiger partial charge in [-0.15, -0.1) is 0 Å². The van der Waals surface area contributed by atoms with Gasteiger partial charge >= 0.3 is 0 Å². The Morgan fingerprint density at radius 1 is 1.38 bits per heavy atom. The minimum absolute atomic E-state index is 0.387. The second-order valence-electron chi connectivity index (χ2n) is 2.97. The zero-order valence-electron chi connectivity index (χ0n) is 8.26. The average molecular weight is 417 g/mol. The van der Waals surface area contributed by atoms with Crippen molar-refractivity contribution < 1.29 is 9.53 Å². The Morgan fingerprint density at radius 2 is 1.88 bits per heavy atom. The van der Waals surface area contributed by atoms with E-state index in [9.17, 15) is 4.79 Å². The predicted molar refractivity (Wildman–Crippen MR) is 72.0 cm³/mol. The van der Waals surface area contributed by atoms with Crippen molar-refractivity contribution in [2.24, 2.45) is 5.84 Å². The Morgan fingerprint density at radius 3 is 2.31 bits per heavy atom. The molecule has 88 valence electrons. The van der Waals surface area contributed by atoms with Gasteiger partial charge in [-0.25, -0.2) is 5.84 Å². The monoisotopic (exact) mass is 414 g/mol. The molecule has 0 saturated carbocycles. The van der Waals surface area contributed by atoms with E-state index in [1.807, 2.05) is 17.6 Å². The molecule has 1 amide bonds. The van der Waals surface area contributed by atoms with Gasteiger partial charge in [0.15, 0.2) is 6.10 Å². The second kappa shape index (κ2) is 6.00. The first kappa shape index (κ1) is 14.0. The highest BCUT2D eigenvalue weighted by Crippen LogP contribution is 2.36. The molecule has 16 heavy (non-hydrogen) atoms. The number of hydrazine groups is 1. The molecular formula is C9H9Br3N2O2. The molecule has 0 aromatic heterocycles. The number of carbonyl (C=O) groups is 1. The van der Waals surface area contributed by atoms with Crippen LogP contribution in [-0.4, -0.2) is 12.0 Å². The molecule has 3 N–H and O–H groups in total. The number of amides is 1. The Bertz CT molecular complexity index is 389. The van der Waals surface area contributed by atoms with E-state index in [2.05, 4.69) is 47.8 Å². The van der Waals surface area contributed by atoms with E-state index in [1.165, 1.54) is 0 Å². The molecule has 0 bridgehead atoms. The predicted octanol–water partition coefficient (Wildman–Crippen LogP) is 2.73. The van der Waals surface area contributed by atoms with Gasteiger partial charge in [-0.3, -0.25) is 10.2 Å². The summed E-state index contributed by atoms with van der Waals surface area (Å²) >= 11 is 10.0. The second-order valence-corrected chi connectivity index (χ2v) is 5.59. The van der Waals surface area contributed by atoms with Gasteiger partial charge in [0.2, 0.25) is 0 Å². The zero-order valence-corrected chi connectivity index (χ0v) is 13.0. The fourth-order valence-corrected chi connectivity index (χ4v) is 3.43. The maximum Gasteiger partial charge on any atom is 0.274 e. The van der Waals surface area contributed by atoms with Gasteiger partial charge in [0.05, 0.1) is 8.95 Å². The first-order chi connectivity index (χ1) is 7.45. The quantitative estimate of drug-likeness (QED) is 0.452. The van der Waals surface area contributed by atoms with Crippen molar-refractivity contribution in [2.75, 3.05) is 0 Å². The smallest absolute Gasteiger partial charge is 0.274 e. The number of halogens is 3. The van der Waals surface area contributed by atoms with Gasteiger partial charge in [-0.1, -0.05) is 15.9 Å². The summed E-state index contributed by atoms with van der Waals surface area (Å²) in [4.78, 5) is 11.2. The lowest BCUT2D eigenvalue weighted by Crippen LogP contribution is -2.40. The molecule has 1 rings (SSSR count). The molecule has 0 aliphatic rings. The van der Waals surface area contributed by atoms with Crippen molar-refractivity contribution >= 4 is 53.7 Å². The first-order valence-electron chi connectivity index (χ1n) is 4.27. The van der Waals surface area contributed by atoms with Crippen molar-refractivity contribution in [3.05, 3.63) is 25.6 Å². The lowest BCUT2D eigenvalue weighted by molar-refractivity contribution is -0.127. The van der Waals surface area contributed by atoms with Gasteiger partial charge in [0, 0.05) is 4.47 Å². The third kappa shape index (κ3) is 3.44. The summed E-state index contributed by atoms with van der Waals surface area (Å²) in [6.07, 6.45) is -0.668. The van der Waals surface area contributed by atoms with Crippen LogP contribution in [0.25, 0.3) is 0 Å². The highest BCUT2D eigenvalue weighted by molar-refractivity contribution is 9.11. The molecule has 0 saturated heterocycles. The summed E-state index contributed by atoms with van der Waals surface area (Å²) in [6.45, 7) is 1.61. The normalized spacial score (nSPS) is 12.1. The topological polar surface area (TPSA) is 64.3 Å². The van der Waals surface area contributed by atoms with Crippen molar-refractivity contribution in [1.29, 1.82) is 0 Å². The summed E-state index contributed by atoms with van der Waals surface area (Å²) in [5, 5.41) is 0. The van der Waals surface area contributed by atoms with E-state index in [0.717, 1.165) is 13.4 Å². The van der Waals surface area contributed by atoms with Crippen LogP contribution in [0.5, 0.6) is 5.75 Å². The summed E-state index contributed by atoms with van der Waals surface area (Å²) in [6, 6.07) is 3.65. The van der Waals surface area contributed by atoms with Crippen LogP contribution in [0.3, 0.4) is 0 Å². The summed E-state index contributed by atoms with van der Waals surface area (Å²) in [7, 11) is 0.